The number of fused-ring (bicyclic) bond motifs is 14. The van der Waals surface area contributed by atoms with Crippen molar-refractivity contribution in [2.24, 2.45) is 0 Å². The van der Waals surface area contributed by atoms with Crippen molar-refractivity contribution in [1.29, 1.82) is 0 Å². The first-order valence-corrected chi connectivity index (χ1v) is 31.8. The Morgan fingerprint density at radius 1 is 0.278 bits per heavy atom. The molecule has 18 rings (SSSR count). The third-order valence-electron chi connectivity index (χ3n) is 19.4. The van der Waals surface area contributed by atoms with Crippen molar-refractivity contribution < 1.29 is 9.68 Å². The molecule has 0 aliphatic heterocycles. The van der Waals surface area contributed by atoms with Crippen LogP contribution < -0.4 is 4.65 Å². The second-order valence-electron chi connectivity index (χ2n) is 25.2. The maximum absolute atomic E-state index is 9.30. The summed E-state index contributed by atoms with van der Waals surface area (Å²) in [5.41, 5.74) is 18.7. The highest BCUT2D eigenvalue weighted by Crippen LogP contribution is 2.54. The van der Waals surface area contributed by atoms with Gasteiger partial charge in [0, 0.05) is 26.1 Å². The third kappa shape index (κ3) is 9.11. The lowest BCUT2D eigenvalue weighted by Crippen LogP contribution is -2.14. The molecule has 0 aromatic heterocycles. The highest BCUT2D eigenvalue weighted by molar-refractivity contribution is 9.10. The zero-order chi connectivity index (χ0) is 60.8. The first-order valence-electron chi connectivity index (χ1n) is 31.0. The molecule has 0 heterocycles. The Balaban J connectivity index is 0.000000118. The van der Waals surface area contributed by atoms with Gasteiger partial charge in [-0.2, -0.15) is 0 Å². The third-order valence-corrected chi connectivity index (χ3v) is 19.9. The number of halogens is 1. The van der Waals surface area contributed by atoms with Crippen molar-refractivity contribution in [3.8, 4) is 61.4 Å². The Morgan fingerprint density at radius 2 is 0.567 bits per heavy atom. The summed E-state index contributed by atoms with van der Waals surface area (Å²) in [5, 5.41) is 28.8. The van der Waals surface area contributed by atoms with Gasteiger partial charge in [0.25, 0.3) is 0 Å². The molecule has 1 N–H and O–H groups in total. The lowest BCUT2D eigenvalue weighted by molar-refractivity contribution is 0.459. The van der Waals surface area contributed by atoms with Crippen LogP contribution in [-0.4, -0.2) is 12.7 Å². The number of rotatable bonds is 5. The van der Waals surface area contributed by atoms with Crippen LogP contribution in [0.5, 0.6) is 5.75 Å². The first kappa shape index (κ1) is 55.2. The van der Waals surface area contributed by atoms with E-state index in [-0.39, 0.29) is 10.8 Å². The molecule has 0 fully saturated rings. The van der Waals surface area contributed by atoms with Gasteiger partial charge in [-0.25, -0.2) is 0 Å². The van der Waals surface area contributed by atoms with Crippen LogP contribution in [0.1, 0.15) is 49.9 Å². The summed E-state index contributed by atoms with van der Waals surface area (Å²) in [5.74, 6) is 0.674. The average molecular weight is 1220 g/mol. The molecule has 0 unspecified atom stereocenters. The Hall–Kier alpha value is -10.1. The normalized spacial score (nSPS) is 13.2. The SMILES string of the molecule is CC1(C)c2ccc(-c3c4ccccc4c(-c4ccc5ccccc5c4)c4ccccc34)cc2-c2cc3ccccc3cc21.CC1(C)c2ccc(Br)cc2-c2cc3ccccc3cc21.O[B]Oc1c2ccccc2c(-c2ccc3ccccc3c2)c2ccccc12. The molecular formula is C86H61BBrO2. The van der Waals surface area contributed by atoms with Gasteiger partial charge in [-0.3, -0.25) is 0 Å². The van der Waals surface area contributed by atoms with Gasteiger partial charge < -0.3 is 9.68 Å². The minimum atomic E-state index is -0.0443. The number of hydrogen-bond acceptors (Lipinski definition) is 2. The van der Waals surface area contributed by atoms with Crippen LogP contribution in [0.25, 0.3) is 142 Å². The van der Waals surface area contributed by atoms with Crippen LogP contribution in [0, 0.1) is 0 Å². The van der Waals surface area contributed by atoms with E-state index in [1.165, 1.54) is 143 Å². The van der Waals surface area contributed by atoms with Gasteiger partial charge in [0.05, 0.1) is 0 Å². The predicted molar refractivity (Wildman–Crippen MR) is 387 cm³/mol. The molecule has 2 aliphatic rings. The number of hydrogen-bond donors (Lipinski definition) is 1. The molecule has 16 aromatic carbocycles. The summed E-state index contributed by atoms with van der Waals surface area (Å²) >= 11 is 3.60. The van der Waals surface area contributed by atoms with E-state index < -0.39 is 0 Å². The Morgan fingerprint density at radius 3 is 0.967 bits per heavy atom. The zero-order valence-corrected chi connectivity index (χ0v) is 52.1. The van der Waals surface area contributed by atoms with Gasteiger partial charge in [0.1, 0.15) is 5.75 Å². The van der Waals surface area contributed by atoms with Crippen molar-refractivity contribution in [3.63, 3.8) is 0 Å². The van der Waals surface area contributed by atoms with Crippen LogP contribution in [-0.2, 0) is 10.8 Å². The average Bonchev–Trinajstić information content (AvgIpc) is 1.33. The van der Waals surface area contributed by atoms with E-state index in [9.17, 15) is 5.02 Å². The fraction of sp³-hybridized carbons (Fsp3) is 0.0698. The molecule has 0 saturated carbocycles. The van der Waals surface area contributed by atoms with Crippen LogP contribution in [0.2, 0.25) is 0 Å². The van der Waals surface area contributed by atoms with E-state index in [0.29, 0.717) is 5.75 Å². The van der Waals surface area contributed by atoms with Gasteiger partial charge in [-0.1, -0.05) is 280 Å². The summed E-state index contributed by atoms with van der Waals surface area (Å²) in [6.45, 7) is 9.38. The van der Waals surface area contributed by atoms with E-state index in [1.54, 1.807) is 0 Å². The van der Waals surface area contributed by atoms with Crippen molar-refractivity contribution in [3.05, 3.63) is 318 Å². The van der Waals surface area contributed by atoms with E-state index in [2.05, 4.69) is 298 Å². The van der Waals surface area contributed by atoms with Gasteiger partial charge in [-0.15, -0.1) is 0 Å². The van der Waals surface area contributed by atoms with Crippen LogP contribution in [0.3, 0.4) is 0 Å². The fourth-order valence-electron chi connectivity index (χ4n) is 15.0. The molecule has 2 nitrogen and oxygen atoms in total. The van der Waals surface area contributed by atoms with Gasteiger partial charge in [0.15, 0.2) is 0 Å². The van der Waals surface area contributed by atoms with Crippen molar-refractivity contribution in [2.75, 3.05) is 0 Å². The summed E-state index contributed by atoms with van der Waals surface area (Å²) in [6, 6.07) is 105. The van der Waals surface area contributed by atoms with Gasteiger partial charge in [0.2, 0.25) is 0 Å². The Labute approximate surface area is 533 Å². The minimum absolute atomic E-state index is 0.0443. The monoisotopic (exact) mass is 1220 g/mol. The van der Waals surface area contributed by atoms with E-state index in [0.717, 1.165) is 33.7 Å². The van der Waals surface area contributed by atoms with Crippen LogP contribution in [0.4, 0.5) is 0 Å². The van der Waals surface area contributed by atoms with E-state index in [1.807, 2.05) is 36.4 Å². The highest BCUT2D eigenvalue weighted by atomic mass is 79.9. The quantitative estimate of drug-likeness (QED) is 0.137. The summed E-state index contributed by atoms with van der Waals surface area (Å²) in [6.07, 6.45) is 0. The summed E-state index contributed by atoms with van der Waals surface area (Å²) in [4.78, 5) is 0. The molecule has 2 aliphatic carbocycles. The standard InChI is InChI=1S/C43H30.C24H16BO2.C19H15Br/c1-43(2)39-22-21-32(25-37(39)38-24-29-13-5-6-14-30(29)26-40(38)43)42-35-17-9-7-15-33(35)41(34-16-8-10-18-36(34)42)31-20-19-27-11-3-4-12-28(27)23-31;26-25-27-24-21-11-5-3-9-19(21)23(20-10-4-6-12-22(20)24)18-14-13-16-7-1-2-8-17(16)15-18;1-19(2)17-8-7-14(20)11-16(17)15-9-12-5-3-4-6-13(12)10-18(15)19/h3-26H,1-2H3;1-15,26H;3-11H,1-2H3. The highest BCUT2D eigenvalue weighted by Gasteiger charge is 2.37. The molecule has 1 radical (unpaired) electrons. The topological polar surface area (TPSA) is 29.5 Å². The van der Waals surface area contributed by atoms with Crippen molar-refractivity contribution in [2.45, 2.75) is 38.5 Å². The lowest BCUT2D eigenvalue weighted by Gasteiger charge is -2.22. The second kappa shape index (κ2) is 21.9. The van der Waals surface area contributed by atoms with Crippen LogP contribution in [0.15, 0.2) is 296 Å². The van der Waals surface area contributed by atoms with Gasteiger partial charge >= 0.3 is 7.69 Å². The minimum Gasteiger partial charge on any atom is -0.537 e. The van der Waals surface area contributed by atoms with Gasteiger partial charge in [-0.05, 0) is 208 Å². The molecule has 4 heteroatoms. The molecule has 0 saturated heterocycles. The Kier molecular flexibility index (Phi) is 13.4. The van der Waals surface area contributed by atoms with E-state index >= 15 is 0 Å². The summed E-state index contributed by atoms with van der Waals surface area (Å²) in [7, 11) is 0.754. The largest absolute Gasteiger partial charge is 0.569 e. The first-order chi connectivity index (χ1) is 44.0. The maximum Gasteiger partial charge on any atom is 0.569 e. The lowest BCUT2D eigenvalue weighted by atomic mass is 9.81. The molecule has 0 spiro atoms. The molecule has 0 atom stereocenters. The fourth-order valence-corrected chi connectivity index (χ4v) is 15.4. The predicted octanol–water partition coefficient (Wildman–Crippen LogP) is 23.6. The zero-order valence-electron chi connectivity index (χ0n) is 50.5. The molecule has 90 heavy (non-hydrogen) atoms. The molecule has 16 aromatic rings. The smallest absolute Gasteiger partial charge is 0.537 e. The molecule has 0 amide bonds. The Bertz CT molecular complexity index is 5490. The van der Waals surface area contributed by atoms with Crippen LogP contribution >= 0.6 is 15.9 Å². The maximum atomic E-state index is 9.30. The van der Waals surface area contributed by atoms with E-state index in [4.69, 9.17) is 4.65 Å². The number of benzene rings is 16. The summed E-state index contributed by atoms with van der Waals surface area (Å²) < 4.78 is 6.67. The van der Waals surface area contributed by atoms with Crippen molar-refractivity contribution >= 4 is 110 Å². The second-order valence-corrected chi connectivity index (χ2v) is 26.1. The molecule has 427 valence electrons. The molecule has 0 bridgehead atoms. The molecular weight excluding hydrogens is 1160 g/mol. The van der Waals surface area contributed by atoms with Crippen molar-refractivity contribution in [1.82, 2.24) is 0 Å².